The van der Waals surface area contributed by atoms with E-state index in [1.165, 1.54) is 24.3 Å². The number of hydrogen-bond donors (Lipinski definition) is 4. The molecule has 0 saturated carbocycles. The first-order valence-corrected chi connectivity index (χ1v) is 9.20. The fourth-order valence-electron chi connectivity index (χ4n) is 3.82. The molecule has 0 amide bonds. The van der Waals surface area contributed by atoms with Crippen LogP contribution in [0.2, 0.25) is 0 Å². The number of nitrogens with one attached hydrogen (secondary N) is 2. The van der Waals surface area contributed by atoms with E-state index in [2.05, 4.69) is 16.8 Å². The largest absolute Gasteiger partial charge is 0.508 e. The van der Waals surface area contributed by atoms with Crippen LogP contribution in [0.15, 0.2) is 58.1 Å². The van der Waals surface area contributed by atoms with Gasteiger partial charge in [-0.05, 0) is 41.1 Å². The number of aromatic carboxylic acids is 1. The van der Waals surface area contributed by atoms with Gasteiger partial charge in [0.25, 0.3) is 11.1 Å². The van der Waals surface area contributed by atoms with Crippen molar-refractivity contribution in [3.63, 3.8) is 0 Å². The molecule has 4 aromatic rings. The van der Waals surface area contributed by atoms with Gasteiger partial charge in [-0.2, -0.15) is 0 Å². The van der Waals surface area contributed by atoms with Crippen LogP contribution in [0.4, 0.5) is 0 Å². The number of aromatic nitrogens is 2. The maximum absolute atomic E-state index is 12.4. The first-order valence-electron chi connectivity index (χ1n) is 9.20. The predicted molar refractivity (Wildman–Crippen MR) is 113 cm³/mol. The fourth-order valence-corrected chi connectivity index (χ4v) is 3.82. The molecule has 1 aliphatic rings. The lowest BCUT2D eigenvalue weighted by Crippen LogP contribution is -2.23. The summed E-state index contributed by atoms with van der Waals surface area (Å²) >= 11 is 0. The lowest BCUT2D eigenvalue weighted by molar-refractivity contribution is 0.0696. The van der Waals surface area contributed by atoms with E-state index in [0.29, 0.717) is 33.1 Å². The van der Waals surface area contributed by atoms with Gasteiger partial charge in [0.05, 0.1) is 16.3 Å². The smallest absolute Gasteiger partial charge is 0.336 e. The number of ether oxygens (including phenoxy) is 1. The number of benzene rings is 3. The van der Waals surface area contributed by atoms with Crippen LogP contribution >= 0.6 is 0 Å². The van der Waals surface area contributed by atoms with E-state index in [0.717, 1.165) is 0 Å². The highest BCUT2D eigenvalue weighted by atomic mass is 16.5. The molecule has 4 N–H and O–H groups in total. The highest BCUT2D eigenvalue weighted by molar-refractivity contribution is 6.03. The molecule has 0 bridgehead atoms. The Morgan fingerprint density at radius 1 is 0.871 bits per heavy atom. The Labute approximate surface area is 173 Å². The van der Waals surface area contributed by atoms with Crippen molar-refractivity contribution < 1.29 is 19.7 Å². The molecule has 31 heavy (non-hydrogen) atoms. The number of carboxylic acids is 1. The summed E-state index contributed by atoms with van der Waals surface area (Å²) in [6.07, 6.45) is 0. The summed E-state index contributed by atoms with van der Waals surface area (Å²) in [6.45, 7) is 3.89. The molecule has 1 aliphatic heterocycles. The van der Waals surface area contributed by atoms with Crippen LogP contribution in [0.25, 0.3) is 22.9 Å². The van der Waals surface area contributed by atoms with Gasteiger partial charge in [0.2, 0.25) is 0 Å². The van der Waals surface area contributed by atoms with E-state index in [9.17, 15) is 24.6 Å². The third kappa shape index (κ3) is 2.81. The van der Waals surface area contributed by atoms with Crippen LogP contribution in [0.1, 0.15) is 21.5 Å². The number of fused-ring (bicyclic) bond motifs is 3. The van der Waals surface area contributed by atoms with E-state index in [-0.39, 0.29) is 27.6 Å². The molecular formula is C23H14N2O6. The third-order valence-corrected chi connectivity index (χ3v) is 5.21. The Balaban J connectivity index is 2.01. The maximum Gasteiger partial charge on any atom is 0.336 e. The number of rotatable bonds is 2. The molecule has 0 radical (unpaired) electrons. The number of aromatic hydroxyl groups is 1. The van der Waals surface area contributed by atoms with Gasteiger partial charge in [0, 0.05) is 22.4 Å². The summed E-state index contributed by atoms with van der Waals surface area (Å²) in [7, 11) is 0. The number of H-pyrrole nitrogens is 2. The highest BCUT2D eigenvalue weighted by Gasteiger charge is 2.25. The number of aromatic amines is 2. The monoisotopic (exact) mass is 414 g/mol. The van der Waals surface area contributed by atoms with Crippen molar-refractivity contribution >= 4 is 28.9 Å². The van der Waals surface area contributed by atoms with Gasteiger partial charge in [0.15, 0.2) is 0 Å². The Hall–Kier alpha value is -4.59. The van der Waals surface area contributed by atoms with Gasteiger partial charge in [-0.25, -0.2) is 4.79 Å². The number of phenolic OH excluding ortho intramolecular Hbond substituents is 1. The normalized spacial score (nSPS) is 12.2. The lowest BCUT2D eigenvalue weighted by atomic mass is 9.88. The molecule has 2 heterocycles. The molecule has 0 unspecified atom stereocenters. The minimum atomic E-state index is -1.26. The van der Waals surface area contributed by atoms with Gasteiger partial charge < -0.3 is 14.9 Å². The molecule has 0 atom stereocenters. The van der Waals surface area contributed by atoms with Crippen molar-refractivity contribution in [2.24, 2.45) is 0 Å². The zero-order chi connectivity index (χ0) is 21.9. The Kier molecular flexibility index (Phi) is 3.84. The van der Waals surface area contributed by atoms with Crippen LogP contribution < -0.4 is 26.3 Å². The quantitative estimate of drug-likeness (QED) is 0.345. The summed E-state index contributed by atoms with van der Waals surface area (Å²) in [5, 5.41) is 25.6. The molecule has 0 saturated heterocycles. The van der Waals surface area contributed by atoms with Crippen LogP contribution in [0.3, 0.4) is 0 Å². The molecule has 8 heteroatoms. The molecular weight excluding hydrogens is 400 g/mol. The summed E-state index contributed by atoms with van der Waals surface area (Å²) in [6, 6.07) is 12.3. The van der Waals surface area contributed by atoms with Crippen LogP contribution in [-0.4, -0.2) is 26.4 Å². The van der Waals surface area contributed by atoms with E-state index in [4.69, 9.17) is 4.74 Å². The van der Waals surface area contributed by atoms with Crippen molar-refractivity contribution in [1.82, 2.24) is 10.2 Å². The number of carboxylic acid groups (broad SMARTS) is 1. The first-order chi connectivity index (χ1) is 14.8. The molecule has 1 aromatic heterocycles. The lowest BCUT2D eigenvalue weighted by Gasteiger charge is -2.22. The number of phenols is 1. The van der Waals surface area contributed by atoms with Gasteiger partial charge in [0.1, 0.15) is 17.2 Å². The first kappa shape index (κ1) is 18.4. The van der Waals surface area contributed by atoms with Gasteiger partial charge in [-0.15, -0.1) is 0 Å². The molecule has 0 spiro atoms. The van der Waals surface area contributed by atoms with Crippen LogP contribution in [-0.2, 0) is 0 Å². The molecule has 3 aromatic carbocycles. The second kappa shape index (κ2) is 6.46. The topological polar surface area (TPSA) is 132 Å². The second-order valence-electron chi connectivity index (χ2n) is 7.14. The molecule has 8 nitrogen and oxygen atoms in total. The van der Waals surface area contributed by atoms with E-state index < -0.39 is 17.1 Å². The average Bonchev–Trinajstić information content (AvgIpc) is 2.73. The SMILES string of the molecule is C=c1ccc2c(c1)Oc1cc(O)ccc1C=2c1cc2c(=O)[nH][nH]c(=O)c2cc1C(=O)O. The number of carbonyl (C=O) groups is 1. The summed E-state index contributed by atoms with van der Waals surface area (Å²) in [5.74, 6) is -0.528. The maximum atomic E-state index is 12.4. The van der Waals surface area contributed by atoms with Crippen molar-refractivity contribution in [3.8, 4) is 17.2 Å². The molecule has 5 rings (SSSR count). The minimum Gasteiger partial charge on any atom is -0.508 e. The van der Waals surface area contributed by atoms with E-state index in [1.54, 1.807) is 24.3 Å². The highest BCUT2D eigenvalue weighted by Crippen LogP contribution is 2.39. The number of hydrogen-bond acceptors (Lipinski definition) is 5. The van der Waals surface area contributed by atoms with Gasteiger partial charge in [-0.1, -0.05) is 18.7 Å². The predicted octanol–water partition coefficient (Wildman–Crippen LogP) is 1.38. The van der Waals surface area contributed by atoms with Gasteiger partial charge >= 0.3 is 5.97 Å². The Bertz CT molecular complexity index is 1660. The second-order valence-corrected chi connectivity index (χ2v) is 7.14. The summed E-state index contributed by atoms with van der Waals surface area (Å²) in [5.41, 5.74) is -0.0400. The molecule has 0 fully saturated rings. The van der Waals surface area contributed by atoms with Crippen molar-refractivity contribution in [2.75, 3.05) is 0 Å². The fraction of sp³-hybridized carbons (Fsp3) is 0. The minimum absolute atomic E-state index is 0.0210. The van der Waals surface area contributed by atoms with Crippen LogP contribution in [0.5, 0.6) is 17.2 Å². The Morgan fingerprint density at radius 3 is 2.29 bits per heavy atom. The summed E-state index contributed by atoms with van der Waals surface area (Å²) < 4.78 is 5.93. The molecule has 152 valence electrons. The Morgan fingerprint density at radius 2 is 1.58 bits per heavy atom. The zero-order valence-electron chi connectivity index (χ0n) is 15.9. The van der Waals surface area contributed by atoms with Crippen molar-refractivity contribution in [1.29, 1.82) is 0 Å². The third-order valence-electron chi connectivity index (χ3n) is 5.21. The standard InChI is InChI=1S/C23H14N2O6/c1-10-2-4-12-18(6-10)31-19-7-11(26)3-5-13(19)20(12)14-8-15-16(9-17(14)23(29)30)22(28)25-24-21(15)27/h2-9,26H,1H2,(H,24,27)(H,25,28)(H,29,30). The molecule has 0 aliphatic carbocycles. The van der Waals surface area contributed by atoms with E-state index in [1.807, 2.05) is 0 Å². The van der Waals surface area contributed by atoms with Crippen LogP contribution in [0, 0.1) is 0 Å². The van der Waals surface area contributed by atoms with Gasteiger partial charge in [-0.3, -0.25) is 19.8 Å². The average molecular weight is 414 g/mol. The summed E-state index contributed by atoms with van der Waals surface area (Å²) in [4.78, 5) is 36.7. The van der Waals surface area contributed by atoms with Crippen molar-refractivity contribution in [3.05, 3.63) is 96.4 Å². The zero-order valence-corrected chi connectivity index (χ0v) is 15.9. The van der Waals surface area contributed by atoms with E-state index >= 15 is 0 Å². The van der Waals surface area contributed by atoms with Crippen molar-refractivity contribution in [2.45, 2.75) is 0 Å².